The Morgan fingerprint density at radius 2 is 1.85 bits per heavy atom. The minimum absolute atomic E-state index is 0.283. The number of aromatic nitrogens is 2. The number of nitrogens with zero attached hydrogens (tertiary/aromatic N) is 3. The SMILES string of the molecule is Cc1c(N)nc(C(C)C)nc1NCCCN(C)C(C)C. The van der Waals surface area contributed by atoms with Crippen LogP contribution in [0.4, 0.5) is 11.6 Å². The summed E-state index contributed by atoms with van der Waals surface area (Å²) < 4.78 is 0. The predicted molar refractivity (Wildman–Crippen MR) is 86.1 cm³/mol. The van der Waals surface area contributed by atoms with Crippen LogP contribution in [0.5, 0.6) is 0 Å². The molecule has 0 atom stereocenters. The highest BCUT2D eigenvalue weighted by atomic mass is 15.1. The molecule has 0 aliphatic carbocycles. The van der Waals surface area contributed by atoms with E-state index in [2.05, 4.69) is 54.9 Å². The first-order valence-corrected chi connectivity index (χ1v) is 7.41. The summed E-state index contributed by atoms with van der Waals surface area (Å²) in [4.78, 5) is 11.2. The molecule has 0 aromatic carbocycles. The normalized spacial score (nSPS) is 11.7. The Balaban J connectivity index is 2.59. The number of hydrogen-bond acceptors (Lipinski definition) is 5. The molecule has 0 unspecified atom stereocenters. The van der Waals surface area contributed by atoms with E-state index in [1.54, 1.807) is 0 Å². The second kappa shape index (κ2) is 7.43. The number of rotatable bonds is 7. The lowest BCUT2D eigenvalue weighted by molar-refractivity contribution is 0.273. The Morgan fingerprint density at radius 1 is 1.20 bits per heavy atom. The van der Waals surface area contributed by atoms with Crippen molar-refractivity contribution in [2.45, 2.75) is 53.0 Å². The first-order valence-electron chi connectivity index (χ1n) is 7.41. The van der Waals surface area contributed by atoms with Gasteiger partial charge >= 0.3 is 0 Å². The third-order valence-electron chi connectivity index (χ3n) is 3.58. The fourth-order valence-corrected chi connectivity index (χ4v) is 1.78. The summed E-state index contributed by atoms with van der Waals surface area (Å²) in [5.41, 5.74) is 6.89. The quantitative estimate of drug-likeness (QED) is 0.751. The fraction of sp³-hybridized carbons (Fsp3) is 0.733. The second-order valence-corrected chi connectivity index (χ2v) is 5.95. The lowest BCUT2D eigenvalue weighted by Gasteiger charge is -2.21. The van der Waals surface area contributed by atoms with Gasteiger partial charge in [-0.25, -0.2) is 9.97 Å². The van der Waals surface area contributed by atoms with Crippen molar-refractivity contribution in [3.05, 3.63) is 11.4 Å². The topological polar surface area (TPSA) is 67.1 Å². The van der Waals surface area contributed by atoms with Gasteiger partial charge in [0.1, 0.15) is 17.5 Å². The van der Waals surface area contributed by atoms with Crippen molar-refractivity contribution in [1.82, 2.24) is 14.9 Å². The van der Waals surface area contributed by atoms with E-state index in [-0.39, 0.29) is 5.92 Å². The van der Waals surface area contributed by atoms with E-state index >= 15 is 0 Å². The van der Waals surface area contributed by atoms with E-state index in [1.165, 1.54) is 0 Å². The number of nitrogens with one attached hydrogen (secondary N) is 1. The smallest absolute Gasteiger partial charge is 0.135 e. The van der Waals surface area contributed by atoms with Crippen molar-refractivity contribution in [3.8, 4) is 0 Å². The van der Waals surface area contributed by atoms with Gasteiger partial charge in [0.15, 0.2) is 0 Å². The average Bonchev–Trinajstić information content (AvgIpc) is 2.38. The highest BCUT2D eigenvalue weighted by Crippen LogP contribution is 2.20. The highest BCUT2D eigenvalue weighted by molar-refractivity contribution is 5.54. The molecule has 0 aliphatic rings. The van der Waals surface area contributed by atoms with Crippen molar-refractivity contribution < 1.29 is 0 Å². The third kappa shape index (κ3) is 4.63. The van der Waals surface area contributed by atoms with Crippen molar-refractivity contribution in [3.63, 3.8) is 0 Å². The molecule has 0 spiro atoms. The van der Waals surface area contributed by atoms with Gasteiger partial charge in [-0.2, -0.15) is 0 Å². The van der Waals surface area contributed by atoms with Crippen LogP contribution in [0.15, 0.2) is 0 Å². The van der Waals surface area contributed by atoms with Crippen LogP contribution in [0.1, 0.15) is 51.4 Å². The van der Waals surface area contributed by atoms with Crippen LogP contribution in [0.2, 0.25) is 0 Å². The Hall–Kier alpha value is -1.36. The first kappa shape index (κ1) is 16.7. The summed E-state index contributed by atoms with van der Waals surface area (Å²) >= 11 is 0. The Kier molecular flexibility index (Phi) is 6.20. The number of nitrogen functional groups attached to an aromatic ring is 1. The first-order chi connectivity index (χ1) is 9.32. The van der Waals surface area contributed by atoms with Gasteiger partial charge in [-0.15, -0.1) is 0 Å². The van der Waals surface area contributed by atoms with Crippen LogP contribution in [0.25, 0.3) is 0 Å². The van der Waals surface area contributed by atoms with Crippen LogP contribution < -0.4 is 11.1 Å². The second-order valence-electron chi connectivity index (χ2n) is 5.95. The van der Waals surface area contributed by atoms with E-state index in [0.717, 1.165) is 36.7 Å². The maximum absolute atomic E-state index is 5.95. The molecular formula is C15H29N5. The zero-order valence-corrected chi connectivity index (χ0v) is 13.7. The minimum Gasteiger partial charge on any atom is -0.383 e. The van der Waals surface area contributed by atoms with Crippen LogP contribution >= 0.6 is 0 Å². The predicted octanol–water partition coefficient (Wildman–Crippen LogP) is 2.63. The zero-order chi connectivity index (χ0) is 15.3. The Bertz CT molecular complexity index is 429. The van der Waals surface area contributed by atoms with Crippen LogP contribution in [0.3, 0.4) is 0 Å². The van der Waals surface area contributed by atoms with Crippen molar-refractivity contribution in [2.24, 2.45) is 0 Å². The van der Waals surface area contributed by atoms with Crippen molar-refractivity contribution in [2.75, 3.05) is 31.2 Å². The van der Waals surface area contributed by atoms with Crippen LogP contribution in [-0.2, 0) is 0 Å². The molecule has 1 aromatic rings. The van der Waals surface area contributed by atoms with Crippen molar-refractivity contribution in [1.29, 1.82) is 0 Å². The molecule has 114 valence electrons. The van der Waals surface area contributed by atoms with E-state index in [0.29, 0.717) is 11.9 Å². The molecule has 5 nitrogen and oxygen atoms in total. The summed E-state index contributed by atoms with van der Waals surface area (Å²) in [7, 11) is 2.15. The monoisotopic (exact) mass is 279 g/mol. The molecule has 0 bridgehead atoms. The minimum atomic E-state index is 0.283. The highest BCUT2D eigenvalue weighted by Gasteiger charge is 2.11. The lowest BCUT2D eigenvalue weighted by Crippen LogP contribution is -2.28. The molecule has 0 aliphatic heterocycles. The third-order valence-corrected chi connectivity index (χ3v) is 3.58. The van der Waals surface area contributed by atoms with Gasteiger partial charge in [0.05, 0.1) is 0 Å². The molecule has 0 amide bonds. The molecule has 0 saturated heterocycles. The number of anilines is 2. The van der Waals surface area contributed by atoms with Crippen molar-refractivity contribution >= 4 is 11.6 Å². The van der Waals surface area contributed by atoms with Gasteiger partial charge in [-0.1, -0.05) is 13.8 Å². The standard InChI is InChI=1S/C15H29N5/c1-10(2)14-18-13(16)12(5)15(19-14)17-8-7-9-20(6)11(3)4/h10-11H,7-9H2,1-6H3,(H3,16,17,18,19). The van der Waals surface area contributed by atoms with Gasteiger partial charge in [0, 0.05) is 24.1 Å². The molecule has 0 saturated carbocycles. The summed E-state index contributed by atoms with van der Waals surface area (Å²) in [6.07, 6.45) is 1.08. The average molecular weight is 279 g/mol. The van der Waals surface area contributed by atoms with Gasteiger partial charge in [-0.3, -0.25) is 0 Å². The summed E-state index contributed by atoms with van der Waals surface area (Å²) in [6.45, 7) is 12.5. The number of nitrogens with two attached hydrogens (primary N) is 1. The molecule has 1 aromatic heterocycles. The molecule has 0 radical (unpaired) electrons. The van der Waals surface area contributed by atoms with Gasteiger partial charge < -0.3 is 16.0 Å². The van der Waals surface area contributed by atoms with Crippen LogP contribution in [-0.4, -0.2) is 41.0 Å². The summed E-state index contributed by atoms with van der Waals surface area (Å²) in [5.74, 6) is 2.53. The molecular weight excluding hydrogens is 250 g/mol. The fourth-order valence-electron chi connectivity index (χ4n) is 1.78. The molecule has 1 heterocycles. The maximum atomic E-state index is 5.95. The van der Waals surface area contributed by atoms with E-state index in [1.807, 2.05) is 6.92 Å². The Morgan fingerprint density at radius 3 is 2.40 bits per heavy atom. The van der Waals surface area contributed by atoms with Gasteiger partial charge in [0.2, 0.25) is 0 Å². The molecule has 3 N–H and O–H groups in total. The summed E-state index contributed by atoms with van der Waals surface area (Å²) in [6, 6.07) is 0.582. The molecule has 20 heavy (non-hydrogen) atoms. The van der Waals surface area contributed by atoms with E-state index in [4.69, 9.17) is 5.73 Å². The molecule has 1 rings (SSSR count). The van der Waals surface area contributed by atoms with E-state index in [9.17, 15) is 0 Å². The zero-order valence-electron chi connectivity index (χ0n) is 13.7. The molecule has 0 fully saturated rings. The largest absolute Gasteiger partial charge is 0.383 e. The summed E-state index contributed by atoms with van der Waals surface area (Å²) in [5, 5.41) is 3.39. The van der Waals surface area contributed by atoms with Gasteiger partial charge in [0.25, 0.3) is 0 Å². The molecule has 5 heteroatoms. The number of hydrogen-bond donors (Lipinski definition) is 2. The maximum Gasteiger partial charge on any atom is 0.135 e. The van der Waals surface area contributed by atoms with E-state index < -0.39 is 0 Å². The lowest BCUT2D eigenvalue weighted by atomic mass is 10.2. The Labute approximate surface area is 123 Å². The van der Waals surface area contributed by atoms with Crippen LogP contribution in [0, 0.1) is 6.92 Å². The van der Waals surface area contributed by atoms with Gasteiger partial charge in [-0.05, 0) is 40.8 Å².